The van der Waals surface area contributed by atoms with Crippen molar-refractivity contribution in [3.63, 3.8) is 0 Å². The fourth-order valence-corrected chi connectivity index (χ4v) is 2.02. The quantitative estimate of drug-likeness (QED) is 0.907. The molecule has 108 valence electrons. The molecule has 0 heterocycles. The van der Waals surface area contributed by atoms with Gasteiger partial charge in [0.1, 0.15) is 0 Å². The SMILES string of the molecule is O=C(Cc1ccccc1Cl)Nc1ccc([O-])cc1C(=O)O. The van der Waals surface area contributed by atoms with E-state index in [0.717, 1.165) is 6.07 Å². The molecule has 0 saturated heterocycles. The number of aromatic carboxylic acids is 1. The molecule has 5 nitrogen and oxygen atoms in total. The fraction of sp³-hybridized carbons (Fsp3) is 0.0667. The highest BCUT2D eigenvalue weighted by molar-refractivity contribution is 6.31. The summed E-state index contributed by atoms with van der Waals surface area (Å²) in [6.45, 7) is 0. The van der Waals surface area contributed by atoms with Crippen molar-refractivity contribution in [3.05, 3.63) is 58.6 Å². The molecule has 0 aliphatic carbocycles. The number of carbonyl (C=O) groups excluding carboxylic acids is 1. The third kappa shape index (κ3) is 3.73. The second-order valence-corrected chi connectivity index (χ2v) is 4.74. The number of nitrogens with one attached hydrogen (secondary N) is 1. The van der Waals surface area contributed by atoms with Crippen LogP contribution in [0.1, 0.15) is 15.9 Å². The molecule has 0 spiro atoms. The summed E-state index contributed by atoms with van der Waals surface area (Å²) in [4.78, 5) is 23.0. The Hall–Kier alpha value is -2.53. The van der Waals surface area contributed by atoms with Gasteiger partial charge in [-0.15, -0.1) is 5.75 Å². The fourth-order valence-electron chi connectivity index (χ4n) is 1.82. The van der Waals surface area contributed by atoms with Crippen LogP contribution < -0.4 is 10.4 Å². The third-order valence-corrected chi connectivity index (χ3v) is 3.17. The average molecular weight is 305 g/mol. The summed E-state index contributed by atoms with van der Waals surface area (Å²) < 4.78 is 0. The Balaban J connectivity index is 2.17. The van der Waals surface area contributed by atoms with Gasteiger partial charge in [-0.1, -0.05) is 41.9 Å². The number of benzene rings is 2. The van der Waals surface area contributed by atoms with E-state index in [-0.39, 0.29) is 17.7 Å². The number of anilines is 1. The number of amides is 1. The van der Waals surface area contributed by atoms with Crippen LogP contribution in [-0.4, -0.2) is 17.0 Å². The molecule has 0 unspecified atom stereocenters. The highest BCUT2D eigenvalue weighted by Gasteiger charge is 2.13. The van der Waals surface area contributed by atoms with E-state index in [2.05, 4.69) is 5.32 Å². The van der Waals surface area contributed by atoms with Crippen molar-refractivity contribution in [2.45, 2.75) is 6.42 Å². The van der Waals surface area contributed by atoms with Gasteiger partial charge in [-0.05, 0) is 17.7 Å². The molecule has 6 heteroatoms. The summed E-state index contributed by atoms with van der Waals surface area (Å²) in [5.41, 5.74) is 0.475. The number of carboxylic acid groups (broad SMARTS) is 1. The van der Waals surface area contributed by atoms with Gasteiger partial charge in [0.05, 0.1) is 17.7 Å². The van der Waals surface area contributed by atoms with Crippen LogP contribution in [0.4, 0.5) is 5.69 Å². The van der Waals surface area contributed by atoms with Crippen molar-refractivity contribution in [2.24, 2.45) is 0 Å². The maximum Gasteiger partial charge on any atom is 0.337 e. The lowest BCUT2D eigenvalue weighted by molar-refractivity contribution is -0.268. The van der Waals surface area contributed by atoms with Crippen LogP contribution in [0, 0.1) is 0 Å². The number of halogens is 1. The van der Waals surface area contributed by atoms with Gasteiger partial charge >= 0.3 is 5.97 Å². The molecule has 0 saturated carbocycles. The molecular formula is C15H11ClNO4-. The Labute approximate surface area is 125 Å². The summed E-state index contributed by atoms with van der Waals surface area (Å²) in [5, 5.41) is 23.1. The molecule has 2 aromatic carbocycles. The number of hydrogen-bond donors (Lipinski definition) is 2. The first-order valence-electron chi connectivity index (χ1n) is 6.05. The van der Waals surface area contributed by atoms with Gasteiger partial charge < -0.3 is 15.5 Å². The van der Waals surface area contributed by atoms with Crippen LogP contribution in [0.3, 0.4) is 0 Å². The minimum absolute atomic E-state index is 0.0118. The number of carbonyl (C=O) groups is 2. The van der Waals surface area contributed by atoms with Crippen molar-refractivity contribution in [1.29, 1.82) is 0 Å². The Bertz CT molecular complexity index is 700. The number of rotatable bonds is 4. The van der Waals surface area contributed by atoms with E-state index in [1.807, 2.05) is 0 Å². The summed E-state index contributed by atoms with van der Waals surface area (Å²) >= 11 is 5.96. The molecule has 1 amide bonds. The standard InChI is InChI=1S/C15H12ClNO4/c16-12-4-2-1-3-9(12)7-14(19)17-13-6-5-10(18)8-11(13)15(20)21/h1-6,8,18H,7H2,(H,17,19)(H,20,21)/p-1. The Kier molecular flexibility index (Phi) is 4.45. The van der Waals surface area contributed by atoms with Crippen molar-refractivity contribution in [2.75, 3.05) is 5.32 Å². The molecule has 21 heavy (non-hydrogen) atoms. The molecule has 2 rings (SSSR count). The molecule has 0 aliphatic heterocycles. The second-order valence-electron chi connectivity index (χ2n) is 4.33. The maximum absolute atomic E-state index is 12.0. The summed E-state index contributed by atoms with van der Waals surface area (Å²) in [6, 6.07) is 10.3. The molecule has 0 fully saturated rings. The van der Waals surface area contributed by atoms with Gasteiger partial charge in [0.25, 0.3) is 0 Å². The predicted molar refractivity (Wildman–Crippen MR) is 76.6 cm³/mol. The van der Waals surface area contributed by atoms with E-state index in [1.165, 1.54) is 12.1 Å². The van der Waals surface area contributed by atoms with E-state index >= 15 is 0 Å². The van der Waals surface area contributed by atoms with Gasteiger partial charge in [0.15, 0.2) is 0 Å². The van der Waals surface area contributed by atoms with Gasteiger partial charge in [-0.2, -0.15) is 0 Å². The molecule has 2 aromatic rings. The smallest absolute Gasteiger partial charge is 0.337 e. The molecule has 0 atom stereocenters. The molecule has 0 radical (unpaired) electrons. The first-order chi connectivity index (χ1) is 9.97. The normalized spacial score (nSPS) is 10.1. The minimum Gasteiger partial charge on any atom is -0.872 e. The molecule has 0 aromatic heterocycles. The highest BCUT2D eigenvalue weighted by Crippen LogP contribution is 2.21. The van der Waals surface area contributed by atoms with Crippen LogP contribution in [0.5, 0.6) is 5.75 Å². The summed E-state index contributed by atoms with van der Waals surface area (Å²) in [7, 11) is 0. The van der Waals surface area contributed by atoms with Crippen LogP contribution in [0.15, 0.2) is 42.5 Å². The van der Waals surface area contributed by atoms with Crippen LogP contribution in [-0.2, 0) is 11.2 Å². The van der Waals surface area contributed by atoms with Crippen molar-refractivity contribution >= 4 is 29.2 Å². The van der Waals surface area contributed by atoms with Crippen LogP contribution in [0.2, 0.25) is 5.02 Å². The largest absolute Gasteiger partial charge is 0.872 e. The summed E-state index contributed by atoms with van der Waals surface area (Å²) in [5.74, 6) is -2.12. The van der Waals surface area contributed by atoms with E-state index in [9.17, 15) is 14.7 Å². The lowest BCUT2D eigenvalue weighted by atomic mass is 10.1. The molecular weight excluding hydrogens is 294 g/mol. The number of hydrogen-bond acceptors (Lipinski definition) is 3. The van der Waals surface area contributed by atoms with E-state index in [1.54, 1.807) is 24.3 Å². The number of carboxylic acids is 1. The lowest BCUT2D eigenvalue weighted by Crippen LogP contribution is -2.17. The van der Waals surface area contributed by atoms with Gasteiger partial charge in [0, 0.05) is 5.02 Å². The monoisotopic (exact) mass is 304 g/mol. The Morgan fingerprint density at radius 2 is 1.90 bits per heavy atom. The zero-order valence-electron chi connectivity index (χ0n) is 10.8. The van der Waals surface area contributed by atoms with Crippen LogP contribution in [0.25, 0.3) is 0 Å². The zero-order chi connectivity index (χ0) is 15.4. The minimum atomic E-state index is -1.28. The van der Waals surface area contributed by atoms with Crippen LogP contribution >= 0.6 is 11.6 Å². The highest BCUT2D eigenvalue weighted by atomic mass is 35.5. The maximum atomic E-state index is 12.0. The first-order valence-corrected chi connectivity index (χ1v) is 6.43. The van der Waals surface area contributed by atoms with E-state index < -0.39 is 17.6 Å². The molecule has 0 aliphatic rings. The molecule has 2 N–H and O–H groups in total. The van der Waals surface area contributed by atoms with Gasteiger partial charge in [-0.3, -0.25) is 4.79 Å². The Morgan fingerprint density at radius 3 is 2.57 bits per heavy atom. The third-order valence-electron chi connectivity index (χ3n) is 2.80. The van der Waals surface area contributed by atoms with E-state index in [0.29, 0.717) is 10.6 Å². The zero-order valence-corrected chi connectivity index (χ0v) is 11.6. The van der Waals surface area contributed by atoms with Gasteiger partial charge in [-0.25, -0.2) is 4.79 Å². The average Bonchev–Trinajstić information content (AvgIpc) is 2.43. The van der Waals surface area contributed by atoms with Crippen molar-refractivity contribution in [3.8, 4) is 5.75 Å². The van der Waals surface area contributed by atoms with Gasteiger partial charge in [0.2, 0.25) is 5.91 Å². The molecule has 0 bridgehead atoms. The second kappa shape index (κ2) is 6.28. The predicted octanol–water partition coefficient (Wildman–Crippen LogP) is 2.29. The van der Waals surface area contributed by atoms with Crippen molar-refractivity contribution < 1.29 is 19.8 Å². The lowest BCUT2D eigenvalue weighted by Gasteiger charge is -2.12. The Morgan fingerprint density at radius 1 is 1.19 bits per heavy atom. The van der Waals surface area contributed by atoms with E-state index in [4.69, 9.17) is 16.7 Å². The van der Waals surface area contributed by atoms with Crippen molar-refractivity contribution in [1.82, 2.24) is 0 Å². The first kappa shape index (κ1) is 14.9. The topological polar surface area (TPSA) is 89.5 Å². The summed E-state index contributed by atoms with van der Waals surface area (Å²) in [6.07, 6.45) is 0.0118.